The first-order valence-corrected chi connectivity index (χ1v) is 30.2. The predicted molar refractivity (Wildman–Crippen MR) is 310 cm³/mol. The third-order valence-corrected chi connectivity index (χ3v) is 17.2. The van der Waals surface area contributed by atoms with Crippen LogP contribution in [0.2, 0.25) is 0 Å². The molecule has 3 N–H and O–H groups in total. The average molecular weight is 1170 g/mol. The number of hydrogen-bond donors (Lipinski definition) is 3. The fourth-order valence-electron chi connectivity index (χ4n) is 10.9. The van der Waals surface area contributed by atoms with Gasteiger partial charge >= 0.3 is 11.9 Å². The van der Waals surface area contributed by atoms with Crippen molar-refractivity contribution in [2.24, 2.45) is 29.6 Å². The van der Waals surface area contributed by atoms with Crippen LogP contribution in [0.5, 0.6) is 5.75 Å². The number of rotatable bonds is 17. The van der Waals surface area contributed by atoms with E-state index in [9.17, 15) is 38.4 Å². The lowest BCUT2D eigenvalue weighted by Crippen LogP contribution is -2.62. The van der Waals surface area contributed by atoms with Crippen molar-refractivity contribution in [3.8, 4) is 5.75 Å². The second kappa shape index (κ2) is 31.0. The topological polar surface area (TPSA) is 265 Å². The number of Topliss-reactive ketones (excluding diaryl/α,β-unsaturated/α-hetero) is 2. The largest absolute Gasteiger partial charge is 0.497 e. The molecule has 458 valence electrons. The van der Waals surface area contributed by atoms with Crippen molar-refractivity contribution in [1.29, 1.82) is 0 Å². The minimum atomic E-state index is -1.68. The Morgan fingerprint density at radius 1 is 0.841 bits per heavy atom. The molecule has 0 bridgehead atoms. The summed E-state index contributed by atoms with van der Waals surface area (Å²) in [6, 6.07) is -1.57. The number of cyclic esters (lactones) is 2. The summed E-state index contributed by atoms with van der Waals surface area (Å²) in [5.74, 6) is -10.1. The van der Waals surface area contributed by atoms with Crippen LogP contribution in [0.4, 0.5) is 0 Å². The molecular formula is C60H93N7O14S. The lowest BCUT2D eigenvalue weighted by atomic mass is 9.92. The normalized spacial score (nSPS) is 26.7. The van der Waals surface area contributed by atoms with Gasteiger partial charge in [0.15, 0.2) is 11.9 Å². The van der Waals surface area contributed by atoms with E-state index in [1.165, 1.54) is 66.4 Å². The lowest BCUT2D eigenvalue weighted by Gasteiger charge is -2.37. The SMILES string of the molecule is CC[C@H](C)[C@@H]1NC(=O)[C@@H](NC(=O)[C@@H](CC(C)C)N(C)C(=O)[C@@H]2CCCN2C(=O)C(C)=O)[C@@H](C)OC(=O)[C@H](Cc2ccc(OC)cc2)N(C)C(=O)[C@@H]2CCCN2C(=O)[C@H](CC(C)C)NC(=O)[C@@H](C)C(=O)[C@H](C(C)C)OC(=O)C[C@@H]1SC(C)C. The molecule has 0 radical (unpaired) electrons. The Bertz CT molecular complexity index is 2450. The van der Waals surface area contributed by atoms with Crippen LogP contribution in [0.15, 0.2) is 24.3 Å². The number of nitrogens with zero attached hydrogens (tertiary/aromatic N) is 4. The molecule has 0 aliphatic carbocycles. The van der Waals surface area contributed by atoms with Gasteiger partial charge in [-0.05, 0) is 99.0 Å². The van der Waals surface area contributed by atoms with E-state index in [4.69, 9.17) is 14.2 Å². The van der Waals surface area contributed by atoms with Crippen LogP contribution in [0.25, 0.3) is 0 Å². The zero-order valence-corrected chi connectivity index (χ0v) is 52.1. The van der Waals surface area contributed by atoms with E-state index in [1.807, 2.05) is 55.4 Å². The van der Waals surface area contributed by atoms with E-state index in [1.54, 1.807) is 38.1 Å². The number of ketones is 2. The number of amides is 7. The zero-order valence-electron chi connectivity index (χ0n) is 51.2. The quantitative estimate of drug-likeness (QED) is 0.109. The first-order chi connectivity index (χ1) is 38.4. The van der Waals surface area contributed by atoms with Gasteiger partial charge in [-0.3, -0.25) is 47.9 Å². The highest BCUT2D eigenvalue weighted by molar-refractivity contribution is 8.00. The van der Waals surface area contributed by atoms with Gasteiger partial charge in [-0.25, -0.2) is 4.79 Å². The fraction of sp³-hybridized carbons (Fsp3) is 0.717. The van der Waals surface area contributed by atoms with E-state index < -0.39 is 136 Å². The number of likely N-dealkylation sites (tertiary alicyclic amines) is 1. The van der Waals surface area contributed by atoms with Gasteiger partial charge in [-0.15, -0.1) is 0 Å². The predicted octanol–water partition coefficient (Wildman–Crippen LogP) is 4.67. The molecule has 0 spiro atoms. The third kappa shape index (κ3) is 18.0. The van der Waals surface area contributed by atoms with Gasteiger partial charge in [-0.2, -0.15) is 11.8 Å². The molecule has 0 saturated carbocycles. The molecule has 3 aliphatic heterocycles. The Balaban J connectivity index is 1.94. The van der Waals surface area contributed by atoms with Gasteiger partial charge in [0.1, 0.15) is 48.1 Å². The van der Waals surface area contributed by atoms with Crippen LogP contribution in [-0.2, 0) is 68.6 Å². The number of nitrogens with one attached hydrogen (secondary N) is 3. The van der Waals surface area contributed by atoms with E-state index in [2.05, 4.69) is 16.0 Å². The summed E-state index contributed by atoms with van der Waals surface area (Å²) in [5, 5.41) is 7.93. The summed E-state index contributed by atoms with van der Waals surface area (Å²) in [6.45, 7) is 22.7. The van der Waals surface area contributed by atoms with E-state index in [0.717, 1.165) is 6.92 Å². The van der Waals surface area contributed by atoms with Gasteiger partial charge in [-0.1, -0.05) is 87.8 Å². The molecule has 1 aromatic rings. The molecule has 12 atom stereocenters. The van der Waals surface area contributed by atoms with E-state index in [0.29, 0.717) is 30.6 Å². The molecule has 82 heavy (non-hydrogen) atoms. The number of carbonyl (C=O) groups is 11. The minimum absolute atomic E-state index is 0.0906. The van der Waals surface area contributed by atoms with Gasteiger partial charge in [0, 0.05) is 51.8 Å². The summed E-state index contributed by atoms with van der Waals surface area (Å²) in [4.78, 5) is 163. The molecule has 3 fully saturated rings. The molecule has 0 aromatic heterocycles. The molecule has 1 aromatic carbocycles. The van der Waals surface area contributed by atoms with Gasteiger partial charge < -0.3 is 49.8 Å². The van der Waals surface area contributed by atoms with Crippen LogP contribution in [-0.4, -0.2) is 184 Å². The summed E-state index contributed by atoms with van der Waals surface area (Å²) >= 11 is 1.38. The van der Waals surface area contributed by atoms with Gasteiger partial charge in [0.05, 0.1) is 19.4 Å². The molecule has 3 aliphatic rings. The third-order valence-electron chi connectivity index (χ3n) is 15.8. The number of thioether (sulfide) groups is 1. The smallest absolute Gasteiger partial charge is 0.329 e. The monoisotopic (exact) mass is 1170 g/mol. The van der Waals surface area contributed by atoms with Crippen molar-refractivity contribution in [3.05, 3.63) is 29.8 Å². The highest BCUT2D eigenvalue weighted by atomic mass is 32.2. The highest BCUT2D eigenvalue weighted by Gasteiger charge is 2.46. The first-order valence-electron chi connectivity index (χ1n) is 29.2. The lowest BCUT2D eigenvalue weighted by molar-refractivity contribution is -0.162. The standard InChI is InChI=1S/C60H93N7O14S/c1-17-36(10)49-47(82-35(8)9)31-48(69)81-52(34(6)7)51(70)37(11)53(71)61-42(28-32(2)3)57(75)67-27-19-21-44(67)59(77)65(15)46(30-40-22-24-41(79-16)25-23-40)60(78)80-39(13)50(55(73)62-49)63-54(72)45(29-33(4)5)64(14)58(76)43-20-18-26-66(43)56(74)38(12)68/h22-25,32-37,39,42-47,49-50,52H,17-21,26-31H2,1-16H3,(H,61,71)(H,62,73)(H,63,72)/t36-,37-,39+,42-,43-,44-,45+,46-,47-,49-,50-,52-/m0/s1. The molecule has 4 rings (SSSR count). The van der Waals surface area contributed by atoms with Crippen molar-refractivity contribution in [2.75, 3.05) is 34.3 Å². The number of fused-ring (bicyclic) bond motifs is 1. The van der Waals surface area contributed by atoms with Gasteiger partial charge in [0.2, 0.25) is 41.2 Å². The second-order valence-corrected chi connectivity index (χ2v) is 25.8. The van der Waals surface area contributed by atoms with Crippen LogP contribution >= 0.6 is 11.8 Å². The molecule has 3 saturated heterocycles. The molecule has 21 nitrogen and oxygen atoms in total. The van der Waals surface area contributed by atoms with Crippen molar-refractivity contribution in [1.82, 2.24) is 35.6 Å². The number of esters is 2. The van der Waals surface area contributed by atoms with Crippen molar-refractivity contribution in [3.63, 3.8) is 0 Å². The van der Waals surface area contributed by atoms with Crippen molar-refractivity contribution < 1.29 is 67.0 Å². The molecule has 22 heteroatoms. The number of methoxy groups -OCH3 is 1. The van der Waals surface area contributed by atoms with Crippen LogP contribution in [0.3, 0.4) is 0 Å². The zero-order chi connectivity index (χ0) is 61.6. The Kier molecular flexibility index (Phi) is 25.9. The molecular weight excluding hydrogens is 1070 g/mol. The summed E-state index contributed by atoms with van der Waals surface area (Å²) in [5.41, 5.74) is 0.594. The Hall–Kier alpha value is -6.06. The second-order valence-electron chi connectivity index (χ2n) is 24.0. The summed E-state index contributed by atoms with van der Waals surface area (Å²) < 4.78 is 17.7. The maximum absolute atomic E-state index is 15.4. The molecule has 3 heterocycles. The average Bonchev–Trinajstić information content (AvgIpc) is 4.20. The number of likely N-dealkylation sites (N-methyl/N-ethyl adjacent to an activating group) is 2. The first kappa shape index (κ1) is 68.4. The Morgan fingerprint density at radius 2 is 1.48 bits per heavy atom. The Morgan fingerprint density at radius 3 is 2.04 bits per heavy atom. The van der Waals surface area contributed by atoms with Crippen molar-refractivity contribution >= 4 is 76.6 Å². The van der Waals surface area contributed by atoms with Gasteiger partial charge in [0.25, 0.3) is 5.91 Å². The fourth-order valence-corrected chi connectivity index (χ4v) is 12.4. The number of hydrogen-bond acceptors (Lipinski definition) is 15. The Labute approximate surface area is 489 Å². The van der Waals surface area contributed by atoms with Crippen molar-refractivity contribution in [2.45, 2.75) is 213 Å². The van der Waals surface area contributed by atoms with E-state index >= 15 is 14.4 Å². The molecule has 0 unspecified atom stereocenters. The highest BCUT2D eigenvalue weighted by Crippen LogP contribution is 2.31. The minimum Gasteiger partial charge on any atom is -0.497 e. The van der Waals surface area contributed by atoms with Crippen LogP contribution in [0, 0.1) is 29.6 Å². The number of ether oxygens (including phenoxy) is 3. The van der Waals surface area contributed by atoms with Crippen LogP contribution < -0.4 is 20.7 Å². The maximum atomic E-state index is 15.4. The number of carbonyl (C=O) groups excluding carboxylic acids is 11. The van der Waals surface area contributed by atoms with E-state index in [-0.39, 0.29) is 74.6 Å². The summed E-state index contributed by atoms with van der Waals surface area (Å²) in [6.07, 6.45) is -1.18. The van der Waals surface area contributed by atoms with Crippen LogP contribution in [0.1, 0.15) is 147 Å². The summed E-state index contributed by atoms with van der Waals surface area (Å²) in [7, 11) is 4.35. The maximum Gasteiger partial charge on any atom is 0.329 e. The molecule has 7 amide bonds. The number of benzene rings is 1.